The summed E-state index contributed by atoms with van der Waals surface area (Å²) in [5.74, 6) is -1.57. The molecule has 0 radical (unpaired) electrons. The molecule has 1 heterocycles. The first-order valence-corrected chi connectivity index (χ1v) is 9.13. The SMILES string of the molecule is CC[C@@H](C)NC(=O)NC(=O)COC(=O)C[C@H]1c2ccccc2C=CN1C(C)=O. The van der Waals surface area contributed by atoms with Crippen LogP contribution < -0.4 is 10.6 Å². The molecular formula is C20H25N3O5. The lowest BCUT2D eigenvalue weighted by molar-refractivity contribution is -0.150. The lowest BCUT2D eigenvalue weighted by Crippen LogP contribution is -2.44. The zero-order valence-electron chi connectivity index (χ0n) is 16.2. The molecule has 8 heteroatoms. The van der Waals surface area contributed by atoms with E-state index in [1.807, 2.05) is 37.3 Å². The quantitative estimate of drug-likeness (QED) is 0.728. The van der Waals surface area contributed by atoms with E-state index in [0.717, 1.165) is 17.5 Å². The highest BCUT2D eigenvalue weighted by atomic mass is 16.5. The largest absolute Gasteiger partial charge is 0.455 e. The summed E-state index contributed by atoms with van der Waals surface area (Å²) in [7, 11) is 0. The molecule has 1 aliphatic rings. The van der Waals surface area contributed by atoms with Crippen LogP contribution in [0.5, 0.6) is 0 Å². The molecule has 0 saturated heterocycles. The average Bonchev–Trinajstić information content (AvgIpc) is 2.66. The Kier molecular flexibility index (Phi) is 7.31. The molecule has 8 nitrogen and oxygen atoms in total. The van der Waals surface area contributed by atoms with Gasteiger partial charge in [-0.05, 0) is 30.5 Å². The number of imide groups is 1. The minimum Gasteiger partial charge on any atom is -0.455 e. The first-order chi connectivity index (χ1) is 13.3. The minimum atomic E-state index is -0.721. The number of benzene rings is 1. The second-order valence-electron chi connectivity index (χ2n) is 6.58. The Morgan fingerprint density at radius 2 is 1.93 bits per heavy atom. The van der Waals surface area contributed by atoms with Crippen LogP contribution in [0.3, 0.4) is 0 Å². The molecule has 0 fully saturated rings. The molecule has 0 bridgehead atoms. The molecule has 150 valence electrons. The summed E-state index contributed by atoms with van der Waals surface area (Å²) in [5, 5.41) is 4.68. The fourth-order valence-corrected chi connectivity index (χ4v) is 2.80. The number of fused-ring (bicyclic) bond motifs is 1. The van der Waals surface area contributed by atoms with Crippen molar-refractivity contribution in [2.75, 3.05) is 6.61 Å². The van der Waals surface area contributed by atoms with Gasteiger partial charge in [-0.3, -0.25) is 19.7 Å². The van der Waals surface area contributed by atoms with Gasteiger partial charge in [0.2, 0.25) is 5.91 Å². The van der Waals surface area contributed by atoms with E-state index in [0.29, 0.717) is 0 Å². The van der Waals surface area contributed by atoms with Gasteiger partial charge in [-0.2, -0.15) is 0 Å². The minimum absolute atomic E-state index is 0.0765. The lowest BCUT2D eigenvalue weighted by atomic mass is 9.94. The van der Waals surface area contributed by atoms with Crippen molar-refractivity contribution in [1.29, 1.82) is 0 Å². The number of nitrogens with zero attached hydrogens (tertiary/aromatic N) is 1. The van der Waals surface area contributed by atoms with E-state index in [1.165, 1.54) is 11.8 Å². The zero-order valence-corrected chi connectivity index (χ0v) is 16.2. The maximum Gasteiger partial charge on any atom is 0.321 e. The highest BCUT2D eigenvalue weighted by Crippen LogP contribution is 2.32. The Balaban J connectivity index is 1.92. The van der Waals surface area contributed by atoms with E-state index < -0.39 is 30.6 Å². The van der Waals surface area contributed by atoms with E-state index >= 15 is 0 Å². The second kappa shape index (κ2) is 9.68. The number of urea groups is 1. The summed E-state index contributed by atoms with van der Waals surface area (Å²) >= 11 is 0. The highest BCUT2D eigenvalue weighted by Gasteiger charge is 2.29. The van der Waals surface area contributed by atoms with Crippen LogP contribution >= 0.6 is 0 Å². The molecule has 0 saturated carbocycles. The molecule has 2 rings (SSSR count). The van der Waals surface area contributed by atoms with Crippen molar-refractivity contribution in [2.45, 2.75) is 45.7 Å². The van der Waals surface area contributed by atoms with Gasteiger partial charge in [0.1, 0.15) is 0 Å². The van der Waals surface area contributed by atoms with Crippen molar-refractivity contribution < 1.29 is 23.9 Å². The van der Waals surface area contributed by atoms with E-state index in [2.05, 4.69) is 10.6 Å². The van der Waals surface area contributed by atoms with Gasteiger partial charge in [0.15, 0.2) is 6.61 Å². The number of hydrogen-bond donors (Lipinski definition) is 2. The van der Waals surface area contributed by atoms with Gasteiger partial charge >= 0.3 is 12.0 Å². The van der Waals surface area contributed by atoms with Crippen molar-refractivity contribution >= 4 is 29.9 Å². The molecule has 2 N–H and O–H groups in total. The number of carbonyl (C=O) groups excluding carboxylic acids is 4. The number of amides is 4. The Bertz CT molecular complexity index is 790. The standard InChI is InChI=1S/C20H25N3O5/c1-4-13(2)21-20(27)22-18(25)12-28-19(26)11-17-16-8-6-5-7-15(16)9-10-23(17)14(3)24/h5-10,13,17H,4,11-12H2,1-3H3,(H2,21,22,25,27)/t13-,17+/m1/s1. The van der Waals surface area contributed by atoms with E-state index in [4.69, 9.17) is 4.74 Å². The van der Waals surface area contributed by atoms with Gasteiger partial charge in [-0.15, -0.1) is 0 Å². The number of nitrogens with one attached hydrogen (secondary N) is 2. The number of hydrogen-bond acceptors (Lipinski definition) is 5. The molecule has 1 aromatic rings. The topological polar surface area (TPSA) is 105 Å². The molecule has 0 spiro atoms. The zero-order chi connectivity index (χ0) is 20.7. The summed E-state index contributed by atoms with van der Waals surface area (Å²) < 4.78 is 4.99. The maximum absolute atomic E-state index is 12.2. The Hall–Kier alpha value is -3.16. The Morgan fingerprint density at radius 1 is 1.21 bits per heavy atom. The third-order valence-electron chi connectivity index (χ3n) is 4.44. The van der Waals surface area contributed by atoms with Crippen LogP contribution in [0.2, 0.25) is 0 Å². The van der Waals surface area contributed by atoms with Gasteiger partial charge in [0.25, 0.3) is 5.91 Å². The van der Waals surface area contributed by atoms with E-state index in [1.54, 1.807) is 13.1 Å². The molecule has 28 heavy (non-hydrogen) atoms. The van der Waals surface area contributed by atoms with Crippen LogP contribution in [0, 0.1) is 0 Å². The molecule has 0 aliphatic carbocycles. The first kappa shape index (κ1) is 21.1. The third-order valence-corrected chi connectivity index (χ3v) is 4.44. The number of rotatable bonds is 6. The van der Waals surface area contributed by atoms with Crippen LogP contribution in [-0.4, -0.2) is 41.4 Å². The summed E-state index contributed by atoms with van der Waals surface area (Å²) in [4.78, 5) is 49.0. The van der Waals surface area contributed by atoms with Crippen LogP contribution in [0.1, 0.15) is 50.8 Å². The van der Waals surface area contributed by atoms with E-state index in [-0.39, 0.29) is 18.4 Å². The molecule has 0 unspecified atom stereocenters. The van der Waals surface area contributed by atoms with Gasteiger partial charge in [0.05, 0.1) is 12.5 Å². The summed E-state index contributed by atoms with van der Waals surface area (Å²) in [5.41, 5.74) is 1.74. The van der Waals surface area contributed by atoms with Gasteiger partial charge in [0, 0.05) is 19.2 Å². The normalized spacial score (nSPS) is 16.0. The van der Waals surface area contributed by atoms with Crippen LogP contribution in [0.4, 0.5) is 4.79 Å². The molecular weight excluding hydrogens is 362 g/mol. The lowest BCUT2D eigenvalue weighted by Gasteiger charge is -2.32. The van der Waals surface area contributed by atoms with E-state index in [9.17, 15) is 19.2 Å². The van der Waals surface area contributed by atoms with Crippen LogP contribution in [-0.2, 0) is 19.1 Å². The van der Waals surface area contributed by atoms with Crippen LogP contribution in [0.25, 0.3) is 6.08 Å². The molecule has 2 atom stereocenters. The van der Waals surface area contributed by atoms with Crippen molar-refractivity contribution in [3.63, 3.8) is 0 Å². The summed E-state index contributed by atoms with van der Waals surface area (Å²) in [6.07, 6.45) is 4.06. The van der Waals surface area contributed by atoms with Gasteiger partial charge in [-0.1, -0.05) is 31.2 Å². The third kappa shape index (κ3) is 5.67. The fourth-order valence-electron chi connectivity index (χ4n) is 2.80. The van der Waals surface area contributed by atoms with Crippen molar-refractivity contribution in [3.05, 3.63) is 41.6 Å². The Labute approximate surface area is 163 Å². The average molecular weight is 387 g/mol. The summed E-state index contributed by atoms with van der Waals surface area (Å²) in [6, 6.07) is 6.22. The van der Waals surface area contributed by atoms with Gasteiger partial charge in [-0.25, -0.2) is 4.79 Å². The van der Waals surface area contributed by atoms with Crippen molar-refractivity contribution in [1.82, 2.24) is 15.5 Å². The Morgan fingerprint density at radius 3 is 2.61 bits per heavy atom. The number of esters is 1. The molecule has 4 amide bonds. The number of carbonyl (C=O) groups is 4. The summed E-state index contributed by atoms with van der Waals surface area (Å²) in [6.45, 7) is 4.55. The molecule has 1 aliphatic heterocycles. The number of ether oxygens (including phenoxy) is 1. The predicted molar refractivity (Wildman–Crippen MR) is 103 cm³/mol. The fraction of sp³-hybridized carbons (Fsp3) is 0.400. The van der Waals surface area contributed by atoms with Crippen molar-refractivity contribution in [3.8, 4) is 0 Å². The highest BCUT2D eigenvalue weighted by molar-refractivity contribution is 5.95. The first-order valence-electron chi connectivity index (χ1n) is 9.13. The maximum atomic E-state index is 12.2. The van der Waals surface area contributed by atoms with Crippen molar-refractivity contribution in [2.24, 2.45) is 0 Å². The smallest absolute Gasteiger partial charge is 0.321 e. The monoisotopic (exact) mass is 387 g/mol. The molecule has 0 aromatic heterocycles. The second-order valence-corrected chi connectivity index (χ2v) is 6.58. The van der Waals surface area contributed by atoms with Gasteiger partial charge < -0.3 is 15.0 Å². The van der Waals surface area contributed by atoms with Crippen LogP contribution in [0.15, 0.2) is 30.5 Å². The predicted octanol–water partition coefficient (Wildman–Crippen LogP) is 2.12. The molecule has 1 aromatic carbocycles.